The van der Waals surface area contributed by atoms with Gasteiger partial charge >= 0.3 is 0 Å². The van der Waals surface area contributed by atoms with E-state index in [0.29, 0.717) is 5.69 Å². The molecule has 0 aliphatic carbocycles. The molecule has 0 aliphatic rings. The van der Waals surface area contributed by atoms with Crippen molar-refractivity contribution in [3.05, 3.63) is 42.2 Å². The molecule has 0 spiro atoms. The van der Waals surface area contributed by atoms with Crippen molar-refractivity contribution < 1.29 is 14.4 Å². The summed E-state index contributed by atoms with van der Waals surface area (Å²) in [4.78, 5) is 13.5. The molecule has 100 valence electrons. The van der Waals surface area contributed by atoms with Gasteiger partial charge in [-0.3, -0.25) is 4.79 Å². The number of benzene rings is 1. The maximum atomic E-state index is 12.1. The summed E-state index contributed by atoms with van der Waals surface area (Å²) in [5.74, 6) is -0.127. The zero-order valence-corrected chi connectivity index (χ0v) is 10.9. The number of aliphatic hydroxyl groups excluding tert-OH is 1. The van der Waals surface area contributed by atoms with E-state index in [1.165, 1.54) is 4.90 Å². The van der Waals surface area contributed by atoms with Gasteiger partial charge in [0.05, 0.1) is 12.6 Å². The number of likely N-dealkylation sites (N-methyl/N-ethyl adjacent to an activating group) is 1. The van der Waals surface area contributed by atoms with Crippen LogP contribution < -0.4 is 0 Å². The molecule has 5 nitrogen and oxygen atoms in total. The largest absolute Gasteiger partial charge is 0.394 e. The molecule has 0 radical (unpaired) electrons. The van der Waals surface area contributed by atoms with Gasteiger partial charge < -0.3 is 14.5 Å². The Bertz CT molecular complexity index is 551. The normalized spacial score (nSPS) is 12.2. The molecular weight excluding hydrogens is 244 g/mol. The van der Waals surface area contributed by atoms with Crippen LogP contribution >= 0.6 is 0 Å². The first kappa shape index (κ1) is 13.3. The van der Waals surface area contributed by atoms with Gasteiger partial charge in [-0.1, -0.05) is 35.5 Å². The Hall–Kier alpha value is -2.14. The molecule has 2 rings (SSSR count). The van der Waals surface area contributed by atoms with Crippen LogP contribution in [-0.4, -0.2) is 40.8 Å². The van der Waals surface area contributed by atoms with Gasteiger partial charge in [-0.15, -0.1) is 0 Å². The Kier molecular flexibility index (Phi) is 3.97. The summed E-state index contributed by atoms with van der Waals surface area (Å²) in [5, 5.41) is 12.9. The molecule has 0 fully saturated rings. The molecular formula is C14H16N2O3. The van der Waals surface area contributed by atoms with E-state index >= 15 is 0 Å². The van der Waals surface area contributed by atoms with E-state index in [1.54, 1.807) is 20.0 Å². The lowest BCUT2D eigenvalue weighted by molar-refractivity contribution is 0.0641. The zero-order chi connectivity index (χ0) is 13.8. The van der Waals surface area contributed by atoms with Crippen LogP contribution in [0, 0.1) is 0 Å². The fraction of sp³-hybridized carbons (Fsp3) is 0.286. The Morgan fingerprint density at radius 3 is 2.74 bits per heavy atom. The second-order valence-corrected chi connectivity index (χ2v) is 4.39. The van der Waals surface area contributed by atoms with Crippen LogP contribution in [0.15, 0.2) is 40.9 Å². The molecule has 1 aromatic heterocycles. The lowest BCUT2D eigenvalue weighted by atomic mass is 10.1. The van der Waals surface area contributed by atoms with Crippen molar-refractivity contribution in [2.75, 3.05) is 13.7 Å². The highest BCUT2D eigenvalue weighted by Crippen LogP contribution is 2.19. The molecule has 1 aromatic carbocycles. The van der Waals surface area contributed by atoms with Crippen LogP contribution in [0.4, 0.5) is 0 Å². The molecule has 5 heteroatoms. The molecule has 0 aliphatic heterocycles. The van der Waals surface area contributed by atoms with Gasteiger partial charge in [-0.2, -0.15) is 0 Å². The monoisotopic (exact) mass is 260 g/mol. The smallest absolute Gasteiger partial charge is 0.292 e. The predicted octanol–water partition coefficient (Wildman–Crippen LogP) is 1.79. The van der Waals surface area contributed by atoms with Crippen molar-refractivity contribution in [3.8, 4) is 11.3 Å². The minimum absolute atomic E-state index is 0.0953. The van der Waals surface area contributed by atoms with Gasteiger partial charge in [0, 0.05) is 18.7 Å². The third-order valence-corrected chi connectivity index (χ3v) is 3.04. The summed E-state index contributed by atoms with van der Waals surface area (Å²) in [6.07, 6.45) is 0. The molecule has 0 saturated heterocycles. The number of hydrogen-bond acceptors (Lipinski definition) is 4. The number of rotatable bonds is 4. The number of carbonyl (C=O) groups is 1. The number of aliphatic hydroxyl groups is 1. The molecule has 1 heterocycles. The van der Waals surface area contributed by atoms with Crippen molar-refractivity contribution >= 4 is 5.91 Å². The van der Waals surface area contributed by atoms with Crippen LogP contribution in [0.5, 0.6) is 0 Å². The van der Waals surface area contributed by atoms with Crippen LogP contribution in [-0.2, 0) is 0 Å². The fourth-order valence-corrected chi connectivity index (χ4v) is 1.62. The average Bonchev–Trinajstić information content (AvgIpc) is 2.95. The van der Waals surface area contributed by atoms with Crippen LogP contribution in [0.25, 0.3) is 11.3 Å². The maximum absolute atomic E-state index is 12.1. The zero-order valence-electron chi connectivity index (χ0n) is 10.9. The highest BCUT2D eigenvalue weighted by molar-refractivity contribution is 5.92. The fourth-order valence-electron chi connectivity index (χ4n) is 1.62. The molecule has 1 unspecified atom stereocenters. The number of aromatic nitrogens is 1. The van der Waals surface area contributed by atoms with Crippen molar-refractivity contribution in [2.45, 2.75) is 13.0 Å². The van der Waals surface area contributed by atoms with Crippen molar-refractivity contribution in [2.24, 2.45) is 0 Å². The number of nitrogens with zero attached hydrogens (tertiary/aromatic N) is 2. The highest BCUT2D eigenvalue weighted by atomic mass is 16.5. The van der Waals surface area contributed by atoms with Gasteiger partial charge in [0.1, 0.15) is 5.69 Å². The van der Waals surface area contributed by atoms with Crippen LogP contribution in [0.2, 0.25) is 0 Å². The quantitative estimate of drug-likeness (QED) is 0.910. The standard InChI is InChI=1S/C14H16N2O3/c1-10(9-17)16(2)14(18)13-8-12(15-19-13)11-6-4-3-5-7-11/h3-8,10,17H,9H2,1-2H3. The predicted molar refractivity (Wildman–Crippen MR) is 70.6 cm³/mol. The average molecular weight is 260 g/mol. The van der Waals surface area contributed by atoms with Crippen molar-refractivity contribution in [1.29, 1.82) is 0 Å². The summed E-state index contributed by atoms with van der Waals surface area (Å²) in [7, 11) is 1.62. The maximum Gasteiger partial charge on any atom is 0.292 e. The van der Waals surface area contributed by atoms with E-state index in [4.69, 9.17) is 9.63 Å². The Balaban J connectivity index is 2.20. The van der Waals surface area contributed by atoms with E-state index in [0.717, 1.165) is 5.56 Å². The SMILES string of the molecule is CC(CO)N(C)C(=O)c1cc(-c2ccccc2)no1. The highest BCUT2D eigenvalue weighted by Gasteiger charge is 2.21. The Morgan fingerprint density at radius 1 is 1.42 bits per heavy atom. The number of carbonyl (C=O) groups excluding carboxylic acids is 1. The molecule has 1 atom stereocenters. The molecule has 1 N–H and O–H groups in total. The molecule has 1 amide bonds. The molecule has 19 heavy (non-hydrogen) atoms. The first-order valence-corrected chi connectivity index (χ1v) is 6.03. The first-order chi connectivity index (χ1) is 9.13. The van der Waals surface area contributed by atoms with Gasteiger partial charge in [-0.05, 0) is 6.92 Å². The second-order valence-electron chi connectivity index (χ2n) is 4.39. The molecule has 0 saturated carbocycles. The minimum Gasteiger partial charge on any atom is -0.394 e. The summed E-state index contributed by atoms with van der Waals surface area (Å²) in [5.41, 5.74) is 1.51. The van der Waals surface area contributed by atoms with Gasteiger partial charge in [0.15, 0.2) is 0 Å². The third kappa shape index (κ3) is 2.82. The van der Waals surface area contributed by atoms with E-state index in [9.17, 15) is 4.79 Å². The third-order valence-electron chi connectivity index (χ3n) is 3.04. The summed E-state index contributed by atoms with van der Waals surface area (Å²) >= 11 is 0. The van der Waals surface area contributed by atoms with Gasteiger partial charge in [0.25, 0.3) is 5.91 Å². The van der Waals surface area contributed by atoms with E-state index in [2.05, 4.69) is 5.16 Å². The lowest BCUT2D eigenvalue weighted by Gasteiger charge is -2.21. The van der Waals surface area contributed by atoms with Crippen LogP contribution in [0.3, 0.4) is 0 Å². The van der Waals surface area contributed by atoms with Crippen molar-refractivity contribution in [1.82, 2.24) is 10.1 Å². The van der Waals surface area contributed by atoms with E-state index in [-0.39, 0.29) is 24.3 Å². The van der Waals surface area contributed by atoms with Crippen molar-refractivity contribution in [3.63, 3.8) is 0 Å². The topological polar surface area (TPSA) is 66.6 Å². The number of amides is 1. The Labute approximate surface area is 111 Å². The lowest BCUT2D eigenvalue weighted by Crippen LogP contribution is -2.37. The van der Waals surface area contributed by atoms with Gasteiger partial charge in [-0.25, -0.2) is 0 Å². The van der Waals surface area contributed by atoms with Crippen LogP contribution in [0.1, 0.15) is 17.5 Å². The van der Waals surface area contributed by atoms with E-state index < -0.39 is 0 Å². The first-order valence-electron chi connectivity index (χ1n) is 6.03. The van der Waals surface area contributed by atoms with E-state index in [1.807, 2.05) is 30.3 Å². The Morgan fingerprint density at radius 2 is 2.11 bits per heavy atom. The summed E-state index contributed by atoms with van der Waals surface area (Å²) < 4.78 is 5.07. The minimum atomic E-state index is -0.295. The van der Waals surface area contributed by atoms with Gasteiger partial charge in [0.2, 0.25) is 5.76 Å². The summed E-state index contributed by atoms with van der Waals surface area (Å²) in [6.45, 7) is 1.66. The molecule has 0 bridgehead atoms. The molecule has 2 aromatic rings. The second kappa shape index (κ2) is 5.67. The summed E-state index contributed by atoms with van der Waals surface area (Å²) in [6, 6.07) is 10.8. The number of hydrogen-bond donors (Lipinski definition) is 1.